The number of carbonyl (C=O) groups excluding carboxylic acids is 3. The molecule has 0 aromatic heterocycles. The van der Waals surface area contributed by atoms with Gasteiger partial charge >= 0.3 is 0 Å². The van der Waals surface area contributed by atoms with Crippen molar-refractivity contribution < 1.29 is 14.4 Å². The number of benzene rings is 1. The summed E-state index contributed by atoms with van der Waals surface area (Å²) in [7, 11) is 1.65. The SMILES string of the molecule is CC#Cc1cc(C)c(C2C(=O)CC(C3CC(C(=O)NC)C3)CC2=O)c(C)c1. The lowest BCUT2D eigenvalue weighted by molar-refractivity contribution is -0.136. The highest BCUT2D eigenvalue weighted by Gasteiger charge is 2.45. The Kier molecular flexibility index (Phi) is 5.51. The molecule has 4 nitrogen and oxygen atoms in total. The van der Waals surface area contributed by atoms with Crippen molar-refractivity contribution in [2.75, 3.05) is 7.05 Å². The summed E-state index contributed by atoms with van der Waals surface area (Å²) in [6, 6.07) is 3.93. The third-order valence-corrected chi connectivity index (χ3v) is 6.18. The number of hydrogen-bond acceptors (Lipinski definition) is 3. The van der Waals surface area contributed by atoms with E-state index >= 15 is 0 Å². The zero-order valence-corrected chi connectivity index (χ0v) is 16.5. The predicted molar refractivity (Wildman–Crippen MR) is 104 cm³/mol. The van der Waals surface area contributed by atoms with Crippen LogP contribution in [-0.4, -0.2) is 24.5 Å². The van der Waals surface area contributed by atoms with Crippen molar-refractivity contribution in [1.82, 2.24) is 5.32 Å². The number of hydrogen-bond donors (Lipinski definition) is 1. The molecule has 2 fully saturated rings. The van der Waals surface area contributed by atoms with Crippen LogP contribution in [0.5, 0.6) is 0 Å². The van der Waals surface area contributed by atoms with Crippen LogP contribution in [0.1, 0.15) is 60.8 Å². The molecule has 1 amide bonds. The molecule has 0 atom stereocenters. The molecule has 2 aliphatic carbocycles. The minimum Gasteiger partial charge on any atom is -0.359 e. The van der Waals surface area contributed by atoms with Gasteiger partial charge in [0.15, 0.2) is 0 Å². The first-order valence-corrected chi connectivity index (χ1v) is 9.66. The molecular formula is C23H27NO3. The van der Waals surface area contributed by atoms with Gasteiger partial charge in [-0.2, -0.15) is 0 Å². The molecule has 2 saturated carbocycles. The average molecular weight is 365 g/mol. The summed E-state index contributed by atoms with van der Waals surface area (Å²) in [5.74, 6) is 5.86. The van der Waals surface area contributed by atoms with E-state index < -0.39 is 5.92 Å². The van der Waals surface area contributed by atoms with Crippen LogP contribution in [0.4, 0.5) is 0 Å². The third kappa shape index (κ3) is 3.69. The van der Waals surface area contributed by atoms with Crippen LogP contribution in [0.15, 0.2) is 12.1 Å². The Hall–Kier alpha value is -2.41. The van der Waals surface area contributed by atoms with Gasteiger partial charge in [0.05, 0.1) is 0 Å². The highest BCUT2D eigenvalue weighted by Crippen LogP contribution is 2.45. The molecule has 1 aromatic carbocycles. The van der Waals surface area contributed by atoms with E-state index in [9.17, 15) is 14.4 Å². The van der Waals surface area contributed by atoms with Gasteiger partial charge in [-0.05, 0) is 74.3 Å². The van der Waals surface area contributed by atoms with E-state index in [2.05, 4.69) is 17.2 Å². The van der Waals surface area contributed by atoms with E-state index in [4.69, 9.17) is 0 Å². The van der Waals surface area contributed by atoms with Gasteiger partial charge in [-0.25, -0.2) is 0 Å². The highest BCUT2D eigenvalue weighted by atomic mass is 16.2. The molecule has 0 saturated heterocycles. The summed E-state index contributed by atoms with van der Waals surface area (Å²) in [6.07, 6.45) is 2.46. The van der Waals surface area contributed by atoms with Crippen LogP contribution in [0.25, 0.3) is 0 Å². The molecule has 0 unspecified atom stereocenters. The molecule has 3 rings (SSSR count). The molecule has 0 spiro atoms. The number of ketones is 2. The topological polar surface area (TPSA) is 63.2 Å². The van der Waals surface area contributed by atoms with E-state index in [0.29, 0.717) is 18.8 Å². The Labute approximate surface area is 161 Å². The standard InChI is InChI=1S/C23H27NO3/c1-5-6-15-7-13(2)21(14(3)8-15)22-19(25)11-17(12-20(22)26)16-9-18(10-16)23(27)24-4/h7-8,16-18,22H,9-12H2,1-4H3,(H,24,27). The van der Waals surface area contributed by atoms with Gasteiger partial charge in [0.1, 0.15) is 17.5 Å². The quantitative estimate of drug-likeness (QED) is 0.661. The lowest BCUT2D eigenvalue weighted by Crippen LogP contribution is -2.43. The Morgan fingerprint density at radius 1 is 1.04 bits per heavy atom. The molecule has 0 bridgehead atoms. The molecule has 0 radical (unpaired) electrons. The zero-order valence-electron chi connectivity index (χ0n) is 16.5. The normalized spacial score (nSPS) is 27.4. The second kappa shape index (κ2) is 7.68. The molecule has 1 N–H and O–H groups in total. The van der Waals surface area contributed by atoms with Crippen molar-refractivity contribution in [2.45, 2.75) is 52.4 Å². The fraction of sp³-hybridized carbons (Fsp3) is 0.522. The van der Waals surface area contributed by atoms with Crippen molar-refractivity contribution in [1.29, 1.82) is 0 Å². The number of aryl methyl sites for hydroxylation is 2. The molecule has 4 heteroatoms. The molecule has 1 aromatic rings. The summed E-state index contributed by atoms with van der Waals surface area (Å²) in [4.78, 5) is 37.5. The molecule has 0 aliphatic heterocycles. The van der Waals surface area contributed by atoms with E-state index in [1.54, 1.807) is 14.0 Å². The van der Waals surface area contributed by atoms with Crippen LogP contribution in [0.3, 0.4) is 0 Å². The van der Waals surface area contributed by atoms with E-state index in [1.165, 1.54) is 0 Å². The number of carbonyl (C=O) groups is 3. The van der Waals surface area contributed by atoms with Crippen LogP contribution < -0.4 is 5.32 Å². The largest absolute Gasteiger partial charge is 0.359 e. The fourth-order valence-electron chi connectivity index (χ4n) is 4.77. The summed E-state index contributed by atoms with van der Waals surface area (Å²) in [5, 5.41) is 2.68. The average Bonchev–Trinajstić information content (AvgIpc) is 2.55. The van der Waals surface area contributed by atoms with E-state index in [-0.39, 0.29) is 29.3 Å². The van der Waals surface area contributed by atoms with Gasteiger partial charge in [0.2, 0.25) is 5.91 Å². The van der Waals surface area contributed by atoms with Crippen molar-refractivity contribution in [3.63, 3.8) is 0 Å². The number of nitrogens with one attached hydrogen (secondary N) is 1. The van der Waals surface area contributed by atoms with Gasteiger partial charge in [-0.3, -0.25) is 14.4 Å². The second-order valence-corrected chi connectivity index (χ2v) is 7.98. The smallest absolute Gasteiger partial charge is 0.222 e. The van der Waals surface area contributed by atoms with Crippen molar-refractivity contribution in [3.05, 3.63) is 34.4 Å². The van der Waals surface area contributed by atoms with Gasteiger partial charge in [-0.15, -0.1) is 5.92 Å². The lowest BCUT2D eigenvalue weighted by atomic mass is 9.62. The van der Waals surface area contributed by atoms with Crippen LogP contribution in [0.2, 0.25) is 0 Å². The fourth-order valence-corrected chi connectivity index (χ4v) is 4.77. The first-order chi connectivity index (χ1) is 12.8. The Morgan fingerprint density at radius 3 is 2.07 bits per heavy atom. The molecule has 0 heterocycles. The monoisotopic (exact) mass is 365 g/mol. The number of rotatable bonds is 3. The van der Waals surface area contributed by atoms with Gasteiger partial charge in [-0.1, -0.05) is 5.92 Å². The maximum Gasteiger partial charge on any atom is 0.222 e. The van der Waals surface area contributed by atoms with Crippen LogP contribution in [-0.2, 0) is 14.4 Å². The molecule has 142 valence electrons. The summed E-state index contributed by atoms with van der Waals surface area (Å²) >= 11 is 0. The van der Waals surface area contributed by atoms with Crippen molar-refractivity contribution >= 4 is 17.5 Å². The van der Waals surface area contributed by atoms with Crippen LogP contribution in [0, 0.1) is 43.4 Å². The number of Topliss-reactive ketones (excluding diaryl/α,β-unsaturated/α-hetero) is 2. The first-order valence-electron chi connectivity index (χ1n) is 9.66. The zero-order chi connectivity index (χ0) is 19.7. The molecule has 27 heavy (non-hydrogen) atoms. The number of amides is 1. The first kappa shape index (κ1) is 19.4. The molecular weight excluding hydrogens is 338 g/mol. The van der Waals surface area contributed by atoms with Gasteiger partial charge in [0.25, 0.3) is 0 Å². The minimum atomic E-state index is -0.639. The van der Waals surface area contributed by atoms with E-state index in [1.807, 2.05) is 26.0 Å². The molecule has 2 aliphatic rings. The van der Waals surface area contributed by atoms with E-state index in [0.717, 1.165) is 35.1 Å². The summed E-state index contributed by atoms with van der Waals surface area (Å²) in [6.45, 7) is 5.70. The lowest BCUT2D eigenvalue weighted by Gasteiger charge is -2.41. The summed E-state index contributed by atoms with van der Waals surface area (Å²) in [5.41, 5.74) is 3.70. The van der Waals surface area contributed by atoms with Crippen molar-refractivity contribution in [3.8, 4) is 11.8 Å². The minimum absolute atomic E-state index is 0.0279. The van der Waals surface area contributed by atoms with Crippen LogP contribution >= 0.6 is 0 Å². The Balaban J connectivity index is 1.75. The Bertz CT molecular complexity index is 811. The maximum absolute atomic E-state index is 12.9. The predicted octanol–water partition coefficient (Wildman–Crippen LogP) is 3.08. The summed E-state index contributed by atoms with van der Waals surface area (Å²) < 4.78 is 0. The second-order valence-electron chi connectivity index (χ2n) is 7.98. The van der Waals surface area contributed by atoms with Gasteiger partial charge in [0, 0.05) is 31.4 Å². The Morgan fingerprint density at radius 2 is 1.59 bits per heavy atom. The van der Waals surface area contributed by atoms with Gasteiger partial charge < -0.3 is 5.32 Å². The highest BCUT2D eigenvalue weighted by molar-refractivity contribution is 6.10. The third-order valence-electron chi connectivity index (χ3n) is 6.18. The maximum atomic E-state index is 12.9. The van der Waals surface area contributed by atoms with Crippen molar-refractivity contribution in [2.24, 2.45) is 17.8 Å².